The molecule has 0 aliphatic rings. The zero-order valence-electron chi connectivity index (χ0n) is 23.8. The highest BCUT2D eigenvalue weighted by molar-refractivity contribution is 6.27. The maximum absolute atomic E-state index is 9.16. The molecular weight excluding hydrogens is 510 g/mol. The van der Waals surface area contributed by atoms with Crippen LogP contribution < -0.4 is 4.90 Å². The minimum Gasteiger partial charge on any atom is -0.372 e. The standard InChI is InChI=1S/C39H27N3/c1-4-42(5-2)37-23-32(17-15-28-8-12-30(25-41)13-9-28)35-19-18-33-26(3)22-31(34-20-21-36(37)39(35)38(33)34)16-14-27-6-10-29(24-40)11-7-27/h6-13,18-23H,4-5H2,1-3H3. The molecule has 0 saturated heterocycles. The summed E-state index contributed by atoms with van der Waals surface area (Å²) in [5.41, 5.74) is 7.33. The fourth-order valence-electron chi connectivity index (χ4n) is 5.72. The van der Waals surface area contributed by atoms with Gasteiger partial charge in [0.15, 0.2) is 0 Å². The van der Waals surface area contributed by atoms with Crippen molar-refractivity contribution in [1.29, 1.82) is 10.5 Å². The lowest BCUT2D eigenvalue weighted by Crippen LogP contribution is -2.22. The van der Waals surface area contributed by atoms with E-state index in [-0.39, 0.29) is 0 Å². The zero-order valence-corrected chi connectivity index (χ0v) is 23.8. The van der Waals surface area contributed by atoms with Crippen molar-refractivity contribution in [3.8, 4) is 35.8 Å². The average molecular weight is 538 g/mol. The smallest absolute Gasteiger partial charge is 0.0991 e. The minimum atomic E-state index is 0.626. The van der Waals surface area contributed by atoms with Gasteiger partial charge in [0.1, 0.15) is 0 Å². The molecule has 0 aliphatic heterocycles. The molecule has 0 aliphatic carbocycles. The van der Waals surface area contributed by atoms with E-state index in [4.69, 9.17) is 10.5 Å². The second-order valence-electron chi connectivity index (χ2n) is 10.3. The van der Waals surface area contributed by atoms with Crippen molar-refractivity contribution in [3.05, 3.63) is 124 Å². The first-order valence-corrected chi connectivity index (χ1v) is 14.1. The summed E-state index contributed by atoms with van der Waals surface area (Å²) in [4.78, 5) is 2.39. The van der Waals surface area contributed by atoms with Gasteiger partial charge in [0.05, 0.1) is 23.3 Å². The van der Waals surface area contributed by atoms with E-state index in [9.17, 15) is 0 Å². The molecule has 0 atom stereocenters. The summed E-state index contributed by atoms with van der Waals surface area (Å²) in [5.74, 6) is 13.5. The minimum absolute atomic E-state index is 0.626. The zero-order chi connectivity index (χ0) is 29.2. The molecule has 0 radical (unpaired) electrons. The largest absolute Gasteiger partial charge is 0.372 e. The molecular formula is C39H27N3. The quantitative estimate of drug-likeness (QED) is 0.169. The molecule has 0 unspecified atom stereocenters. The SMILES string of the molecule is CCN(CC)c1cc(C#Cc2ccc(C#N)cc2)c2ccc3c(C)cc(C#Cc4ccc(C#N)cc4)c4ccc1c2c34. The Kier molecular flexibility index (Phi) is 6.95. The van der Waals surface area contributed by atoms with Gasteiger partial charge in [0.25, 0.3) is 0 Å². The lowest BCUT2D eigenvalue weighted by atomic mass is 9.87. The van der Waals surface area contributed by atoms with Crippen LogP contribution in [0.4, 0.5) is 5.69 Å². The molecule has 0 amide bonds. The summed E-state index contributed by atoms with van der Waals surface area (Å²) in [7, 11) is 0. The van der Waals surface area contributed by atoms with Crippen molar-refractivity contribution >= 4 is 38.0 Å². The topological polar surface area (TPSA) is 50.8 Å². The second kappa shape index (κ2) is 11.0. The Hall–Kier alpha value is -5.74. The Labute approximate surface area is 246 Å². The Balaban J connectivity index is 1.61. The van der Waals surface area contributed by atoms with Crippen molar-refractivity contribution < 1.29 is 0 Å². The maximum atomic E-state index is 9.16. The van der Waals surface area contributed by atoms with Crippen LogP contribution in [0.1, 0.15) is 52.8 Å². The monoisotopic (exact) mass is 537 g/mol. The molecule has 0 fully saturated rings. The summed E-state index contributed by atoms with van der Waals surface area (Å²) in [6.07, 6.45) is 0. The van der Waals surface area contributed by atoms with Crippen molar-refractivity contribution in [2.75, 3.05) is 18.0 Å². The van der Waals surface area contributed by atoms with E-state index in [1.54, 1.807) is 24.3 Å². The number of rotatable bonds is 3. The molecule has 6 aromatic rings. The van der Waals surface area contributed by atoms with Crippen molar-refractivity contribution in [3.63, 3.8) is 0 Å². The number of nitrogens with zero attached hydrogens (tertiary/aromatic N) is 3. The van der Waals surface area contributed by atoms with Crippen LogP contribution >= 0.6 is 0 Å². The summed E-state index contributed by atoms with van der Waals surface area (Å²) >= 11 is 0. The van der Waals surface area contributed by atoms with E-state index in [0.717, 1.165) is 46.1 Å². The molecule has 0 heterocycles. The molecule has 3 heteroatoms. The molecule has 0 aromatic heterocycles. The fourth-order valence-corrected chi connectivity index (χ4v) is 5.72. The summed E-state index contributed by atoms with van der Waals surface area (Å²) in [6, 6.07) is 32.4. The van der Waals surface area contributed by atoms with Crippen LogP contribution in [0, 0.1) is 53.3 Å². The van der Waals surface area contributed by atoms with Crippen molar-refractivity contribution in [1.82, 2.24) is 0 Å². The van der Waals surface area contributed by atoms with Crippen LogP contribution in [-0.4, -0.2) is 13.1 Å². The lowest BCUT2D eigenvalue weighted by Gasteiger charge is -2.25. The summed E-state index contributed by atoms with van der Waals surface area (Å²) in [5, 5.41) is 25.4. The Morgan fingerprint density at radius 3 is 1.45 bits per heavy atom. The second-order valence-corrected chi connectivity index (χ2v) is 10.3. The molecule has 0 N–H and O–H groups in total. The highest BCUT2D eigenvalue weighted by Crippen LogP contribution is 2.42. The number of nitriles is 2. The van der Waals surface area contributed by atoms with E-state index in [2.05, 4.69) is 97.9 Å². The predicted molar refractivity (Wildman–Crippen MR) is 173 cm³/mol. The fraction of sp³-hybridized carbons (Fsp3) is 0.128. The van der Waals surface area contributed by atoms with Gasteiger partial charge in [-0.2, -0.15) is 10.5 Å². The van der Waals surface area contributed by atoms with Crippen LogP contribution in [0.2, 0.25) is 0 Å². The Morgan fingerprint density at radius 2 is 0.952 bits per heavy atom. The van der Waals surface area contributed by atoms with Crippen LogP contribution in [0.15, 0.2) is 84.9 Å². The molecule has 3 nitrogen and oxygen atoms in total. The Morgan fingerprint density at radius 1 is 0.524 bits per heavy atom. The van der Waals surface area contributed by atoms with Gasteiger partial charge in [-0.05, 0) is 109 Å². The third-order valence-electron chi connectivity index (χ3n) is 7.90. The van der Waals surface area contributed by atoms with Crippen molar-refractivity contribution in [2.45, 2.75) is 20.8 Å². The molecule has 198 valence electrons. The van der Waals surface area contributed by atoms with E-state index in [1.807, 2.05) is 24.3 Å². The van der Waals surface area contributed by atoms with Gasteiger partial charge in [-0.3, -0.25) is 0 Å². The van der Waals surface area contributed by atoms with Crippen LogP contribution in [-0.2, 0) is 0 Å². The average Bonchev–Trinajstić information content (AvgIpc) is 3.04. The number of benzene rings is 6. The third kappa shape index (κ3) is 4.65. The van der Waals surface area contributed by atoms with Gasteiger partial charge in [-0.25, -0.2) is 0 Å². The first kappa shape index (κ1) is 26.5. The molecule has 6 aromatic carbocycles. The van der Waals surface area contributed by atoms with E-state index >= 15 is 0 Å². The van der Waals surface area contributed by atoms with E-state index in [0.29, 0.717) is 11.1 Å². The predicted octanol–water partition coefficient (Wildman–Crippen LogP) is 8.28. The molecule has 0 bridgehead atoms. The van der Waals surface area contributed by atoms with E-state index < -0.39 is 0 Å². The number of aryl methyl sites for hydroxylation is 1. The van der Waals surface area contributed by atoms with Crippen LogP contribution in [0.25, 0.3) is 32.3 Å². The first-order valence-electron chi connectivity index (χ1n) is 14.1. The third-order valence-corrected chi connectivity index (χ3v) is 7.90. The maximum Gasteiger partial charge on any atom is 0.0991 e. The molecule has 6 rings (SSSR count). The summed E-state index contributed by atoms with van der Waals surface area (Å²) < 4.78 is 0. The number of hydrogen-bond donors (Lipinski definition) is 0. The molecule has 42 heavy (non-hydrogen) atoms. The molecule has 0 spiro atoms. The normalized spacial score (nSPS) is 10.5. The van der Waals surface area contributed by atoms with Crippen molar-refractivity contribution in [2.24, 2.45) is 0 Å². The number of anilines is 1. The van der Waals surface area contributed by atoms with E-state index in [1.165, 1.54) is 32.8 Å². The molecule has 0 saturated carbocycles. The highest BCUT2D eigenvalue weighted by Gasteiger charge is 2.18. The highest BCUT2D eigenvalue weighted by atomic mass is 15.1. The number of hydrogen-bond acceptors (Lipinski definition) is 3. The van der Waals surface area contributed by atoms with Gasteiger partial charge in [0, 0.05) is 51.8 Å². The lowest BCUT2D eigenvalue weighted by molar-refractivity contribution is 0.870. The first-order chi connectivity index (χ1) is 20.5. The van der Waals surface area contributed by atoms with Gasteiger partial charge < -0.3 is 4.90 Å². The Bertz CT molecular complexity index is 2180. The summed E-state index contributed by atoms with van der Waals surface area (Å²) in [6.45, 7) is 8.30. The van der Waals surface area contributed by atoms with Gasteiger partial charge in [0.2, 0.25) is 0 Å². The van der Waals surface area contributed by atoms with Gasteiger partial charge in [-0.1, -0.05) is 47.9 Å². The van der Waals surface area contributed by atoms with Gasteiger partial charge >= 0.3 is 0 Å². The van der Waals surface area contributed by atoms with Crippen LogP contribution in [0.5, 0.6) is 0 Å². The van der Waals surface area contributed by atoms with Crippen LogP contribution in [0.3, 0.4) is 0 Å². The van der Waals surface area contributed by atoms with Gasteiger partial charge in [-0.15, -0.1) is 0 Å².